The van der Waals surface area contributed by atoms with Gasteiger partial charge in [-0.1, -0.05) is 6.42 Å². The molecular formula is C7H14N2O4S. The summed E-state index contributed by atoms with van der Waals surface area (Å²) in [6.07, 6.45) is 2.18. The molecule has 0 aliphatic heterocycles. The van der Waals surface area contributed by atoms with Gasteiger partial charge >= 0.3 is 5.97 Å². The number of rotatable bonds is 4. The first-order chi connectivity index (χ1) is 6.40. The van der Waals surface area contributed by atoms with E-state index in [2.05, 4.69) is 4.72 Å². The van der Waals surface area contributed by atoms with Crippen LogP contribution >= 0.6 is 0 Å². The van der Waals surface area contributed by atoms with Crippen LogP contribution in [0.25, 0.3) is 0 Å². The zero-order valence-corrected chi connectivity index (χ0v) is 8.46. The highest BCUT2D eigenvalue weighted by Gasteiger charge is 2.32. The van der Waals surface area contributed by atoms with Gasteiger partial charge in [0.1, 0.15) is 0 Å². The van der Waals surface area contributed by atoms with Crippen molar-refractivity contribution in [2.75, 3.05) is 6.54 Å². The van der Waals surface area contributed by atoms with Crippen LogP contribution in [0.2, 0.25) is 0 Å². The Kier molecular flexibility index (Phi) is 3.46. The van der Waals surface area contributed by atoms with Gasteiger partial charge in [0, 0.05) is 6.54 Å². The summed E-state index contributed by atoms with van der Waals surface area (Å²) in [5, 5.41) is 13.6. The van der Waals surface area contributed by atoms with E-state index in [0.717, 1.165) is 12.8 Å². The highest BCUT2D eigenvalue weighted by atomic mass is 32.2. The first kappa shape index (κ1) is 11.4. The Morgan fingerprint density at radius 1 is 1.50 bits per heavy atom. The summed E-state index contributed by atoms with van der Waals surface area (Å²) in [6.45, 7) is 0.121. The van der Waals surface area contributed by atoms with Gasteiger partial charge in [0.2, 0.25) is 0 Å². The van der Waals surface area contributed by atoms with Gasteiger partial charge in [-0.2, -0.15) is 8.42 Å². The third-order valence-corrected chi connectivity index (χ3v) is 3.09. The highest BCUT2D eigenvalue weighted by Crippen LogP contribution is 2.31. The van der Waals surface area contributed by atoms with Crippen LogP contribution in [0.3, 0.4) is 0 Å². The average molecular weight is 222 g/mol. The molecule has 0 aromatic rings. The van der Waals surface area contributed by atoms with Gasteiger partial charge in [-0.3, -0.25) is 4.79 Å². The minimum absolute atomic E-state index is 0.121. The highest BCUT2D eigenvalue weighted by molar-refractivity contribution is 7.87. The van der Waals surface area contributed by atoms with Crippen LogP contribution in [0.1, 0.15) is 19.3 Å². The third-order valence-electron chi connectivity index (χ3n) is 2.52. The number of nitrogens with two attached hydrogens (primary N) is 1. The lowest BCUT2D eigenvalue weighted by Gasteiger charge is -2.14. The van der Waals surface area contributed by atoms with E-state index in [0.29, 0.717) is 6.42 Å². The van der Waals surface area contributed by atoms with Crippen molar-refractivity contribution in [3.05, 3.63) is 0 Å². The molecule has 0 radical (unpaired) electrons. The SMILES string of the molecule is NS(=O)(=O)NCC1CCCC1C(=O)O. The van der Waals surface area contributed by atoms with Crippen molar-refractivity contribution < 1.29 is 18.3 Å². The van der Waals surface area contributed by atoms with Crippen LogP contribution < -0.4 is 9.86 Å². The van der Waals surface area contributed by atoms with Crippen LogP contribution in [-0.4, -0.2) is 26.0 Å². The number of nitrogens with one attached hydrogen (secondary N) is 1. The van der Waals surface area contributed by atoms with Gasteiger partial charge in [-0.05, 0) is 18.8 Å². The van der Waals surface area contributed by atoms with Crippen LogP contribution in [0.4, 0.5) is 0 Å². The largest absolute Gasteiger partial charge is 0.481 e. The van der Waals surface area contributed by atoms with E-state index in [1.54, 1.807) is 0 Å². The number of aliphatic carboxylic acids is 1. The molecule has 0 saturated heterocycles. The average Bonchev–Trinajstić information content (AvgIpc) is 2.46. The zero-order chi connectivity index (χ0) is 10.8. The van der Waals surface area contributed by atoms with Crippen molar-refractivity contribution in [3.8, 4) is 0 Å². The van der Waals surface area contributed by atoms with E-state index in [9.17, 15) is 13.2 Å². The van der Waals surface area contributed by atoms with Crippen LogP contribution in [-0.2, 0) is 15.0 Å². The predicted molar refractivity (Wildman–Crippen MR) is 49.6 cm³/mol. The van der Waals surface area contributed by atoms with Gasteiger partial charge in [-0.25, -0.2) is 9.86 Å². The molecule has 1 saturated carbocycles. The lowest BCUT2D eigenvalue weighted by Crippen LogP contribution is -2.36. The van der Waals surface area contributed by atoms with Crippen molar-refractivity contribution in [2.24, 2.45) is 17.0 Å². The molecule has 6 nitrogen and oxygen atoms in total. The topological polar surface area (TPSA) is 109 Å². The van der Waals surface area contributed by atoms with E-state index in [4.69, 9.17) is 10.2 Å². The Labute approximate surface area is 82.7 Å². The molecular weight excluding hydrogens is 208 g/mol. The minimum Gasteiger partial charge on any atom is -0.481 e. The maximum atomic E-state index is 10.7. The Morgan fingerprint density at radius 2 is 2.14 bits per heavy atom. The number of carboxylic acid groups (broad SMARTS) is 1. The molecule has 1 rings (SSSR count). The molecule has 4 N–H and O–H groups in total. The Hall–Kier alpha value is -0.660. The first-order valence-corrected chi connectivity index (χ1v) is 5.95. The molecule has 2 unspecified atom stereocenters. The van der Waals surface area contributed by atoms with Crippen molar-refractivity contribution in [1.82, 2.24) is 4.72 Å². The van der Waals surface area contributed by atoms with E-state index in [-0.39, 0.29) is 12.5 Å². The summed E-state index contributed by atoms with van der Waals surface area (Å²) in [4.78, 5) is 10.7. The Morgan fingerprint density at radius 3 is 2.64 bits per heavy atom. The molecule has 1 aliphatic carbocycles. The molecule has 0 bridgehead atoms. The number of carboxylic acids is 1. The number of carbonyl (C=O) groups is 1. The summed E-state index contributed by atoms with van der Waals surface area (Å²) in [5.74, 6) is -1.43. The molecule has 0 aromatic heterocycles. The molecule has 82 valence electrons. The van der Waals surface area contributed by atoms with E-state index < -0.39 is 22.1 Å². The fourth-order valence-electron chi connectivity index (χ4n) is 1.83. The molecule has 1 fully saturated rings. The van der Waals surface area contributed by atoms with E-state index >= 15 is 0 Å². The molecule has 1 aliphatic rings. The molecule has 0 heterocycles. The minimum atomic E-state index is -3.70. The second kappa shape index (κ2) is 4.24. The summed E-state index contributed by atoms with van der Waals surface area (Å²) < 4.78 is 23.3. The normalized spacial score (nSPS) is 27.8. The fourth-order valence-corrected chi connectivity index (χ4v) is 2.28. The first-order valence-electron chi connectivity index (χ1n) is 4.40. The predicted octanol–water partition coefficient (Wildman–Crippen LogP) is -0.720. The van der Waals surface area contributed by atoms with Crippen molar-refractivity contribution >= 4 is 16.2 Å². The lowest BCUT2D eigenvalue weighted by atomic mass is 9.97. The maximum absolute atomic E-state index is 10.7. The summed E-state index contributed by atoms with van der Waals surface area (Å²) in [6, 6.07) is 0. The molecule has 0 amide bonds. The van der Waals surface area contributed by atoms with Crippen LogP contribution in [0.15, 0.2) is 0 Å². The molecule has 0 aromatic carbocycles. The van der Waals surface area contributed by atoms with Crippen molar-refractivity contribution in [2.45, 2.75) is 19.3 Å². The Balaban J connectivity index is 2.48. The monoisotopic (exact) mass is 222 g/mol. The fraction of sp³-hybridized carbons (Fsp3) is 0.857. The quantitative estimate of drug-likeness (QED) is 0.583. The molecule has 7 heteroatoms. The van der Waals surface area contributed by atoms with Gasteiger partial charge in [-0.15, -0.1) is 0 Å². The Bertz CT molecular complexity index is 314. The van der Waals surface area contributed by atoms with Gasteiger partial charge < -0.3 is 5.11 Å². The zero-order valence-electron chi connectivity index (χ0n) is 7.64. The lowest BCUT2D eigenvalue weighted by molar-refractivity contribution is -0.142. The standard InChI is InChI=1S/C7H14N2O4S/c8-14(12,13)9-4-5-2-1-3-6(5)7(10)11/h5-6,9H,1-4H2,(H,10,11)(H2,8,12,13). The number of hydrogen-bond donors (Lipinski definition) is 3. The summed E-state index contributed by atoms with van der Waals surface area (Å²) in [7, 11) is -3.70. The number of hydrogen-bond acceptors (Lipinski definition) is 3. The van der Waals surface area contributed by atoms with Crippen LogP contribution in [0.5, 0.6) is 0 Å². The van der Waals surface area contributed by atoms with Gasteiger partial charge in [0.15, 0.2) is 0 Å². The van der Waals surface area contributed by atoms with E-state index in [1.807, 2.05) is 0 Å². The molecule has 0 spiro atoms. The van der Waals surface area contributed by atoms with Gasteiger partial charge in [0.25, 0.3) is 10.2 Å². The van der Waals surface area contributed by atoms with Crippen LogP contribution in [0, 0.1) is 11.8 Å². The van der Waals surface area contributed by atoms with Crippen molar-refractivity contribution in [1.29, 1.82) is 0 Å². The maximum Gasteiger partial charge on any atom is 0.306 e. The van der Waals surface area contributed by atoms with E-state index in [1.165, 1.54) is 0 Å². The summed E-state index contributed by atoms with van der Waals surface area (Å²) >= 11 is 0. The smallest absolute Gasteiger partial charge is 0.306 e. The molecule has 14 heavy (non-hydrogen) atoms. The second-order valence-corrected chi connectivity index (χ2v) is 4.91. The molecule has 2 atom stereocenters. The third kappa shape index (κ3) is 3.24. The summed E-state index contributed by atoms with van der Waals surface area (Å²) in [5.41, 5.74) is 0. The second-order valence-electron chi connectivity index (χ2n) is 3.53. The van der Waals surface area contributed by atoms with Crippen molar-refractivity contribution in [3.63, 3.8) is 0 Å². The van der Waals surface area contributed by atoms with Gasteiger partial charge in [0.05, 0.1) is 5.92 Å².